The third kappa shape index (κ3) is 9.81. The minimum absolute atomic E-state index is 0.00232. The van der Waals surface area contributed by atoms with Crippen molar-refractivity contribution in [3.63, 3.8) is 0 Å². The van der Waals surface area contributed by atoms with Crippen LogP contribution in [0, 0.1) is 17.5 Å². The van der Waals surface area contributed by atoms with E-state index in [-0.39, 0.29) is 44.7 Å². The zero-order valence-electron chi connectivity index (χ0n) is 31.7. The molecule has 0 aliphatic rings. The summed E-state index contributed by atoms with van der Waals surface area (Å²) in [5.41, 5.74) is -7.26. The molecule has 0 aliphatic carbocycles. The van der Waals surface area contributed by atoms with Crippen LogP contribution in [0.5, 0.6) is 0 Å². The van der Waals surface area contributed by atoms with E-state index in [1.54, 1.807) is 17.5 Å². The maximum atomic E-state index is 13.7. The monoisotopic (exact) mass is 933 g/mol. The number of aromatic nitrogens is 3. The Morgan fingerprint density at radius 1 is 0.462 bits per heavy atom. The molecular formula is C43H19F12N3O6S. The second-order valence-corrected chi connectivity index (χ2v) is 14.1. The van der Waals surface area contributed by atoms with Gasteiger partial charge < -0.3 is 13.3 Å². The van der Waals surface area contributed by atoms with Gasteiger partial charge in [0.05, 0.1) is 59.8 Å². The zero-order valence-corrected chi connectivity index (χ0v) is 32.5. The summed E-state index contributed by atoms with van der Waals surface area (Å²) in [6.45, 7) is 0. The zero-order chi connectivity index (χ0) is 47.0. The first-order chi connectivity index (χ1) is 30.6. The number of alkyl halides is 9. The SMILES string of the molecule is O=c1oc(-c2c(F)cccc2F)nc2cccc(C(F)(F)F)c12.O=c1oc(-c2ccccc2F)nc2ccc(C(F)(F)F)cc12.O=c1oc(-c2cccs2)nc2ccc(C(F)(F)F)cc12. The molecule has 0 aliphatic heterocycles. The van der Waals surface area contributed by atoms with Crippen LogP contribution in [0.1, 0.15) is 16.7 Å². The molecule has 0 spiro atoms. The molecule has 0 atom stereocenters. The van der Waals surface area contributed by atoms with Crippen molar-refractivity contribution >= 4 is 44.0 Å². The molecule has 0 radical (unpaired) electrons. The molecule has 4 aromatic heterocycles. The predicted octanol–water partition coefficient (Wildman–Crippen LogP) is 12.1. The molecular weight excluding hydrogens is 915 g/mol. The Balaban J connectivity index is 0.000000146. The first-order valence-corrected chi connectivity index (χ1v) is 18.8. The van der Waals surface area contributed by atoms with Crippen LogP contribution in [-0.4, -0.2) is 15.0 Å². The van der Waals surface area contributed by atoms with Crippen LogP contribution in [0.25, 0.3) is 66.4 Å². The van der Waals surface area contributed by atoms with Crippen LogP contribution in [0.3, 0.4) is 0 Å². The average Bonchev–Trinajstić information content (AvgIpc) is 3.79. The number of halogens is 12. The van der Waals surface area contributed by atoms with Crippen molar-refractivity contribution in [1.82, 2.24) is 15.0 Å². The van der Waals surface area contributed by atoms with Gasteiger partial charge in [-0.1, -0.05) is 30.3 Å². The first-order valence-electron chi connectivity index (χ1n) is 17.9. The van der Waals surface area contributed by atoms with Gasteiger partial charge in [-0.3, -0.25) is 0 Å². The number of thiophene rings is 1. The molecule has 0 N–H and O–H groups in total. The van der Waals surface area contributed by atoms with Crippen LogP contribution < -0.4 is 16.9 Å². The topological polar surface area (TPSA) is 129 Å². The Bertz CT molecular complexity index is 3400. The number of rotatable bonds is 3. The van der Waals surface area contributed by atoms with Gasteiger partial charge in [0.15, 0.2) is 0 Å². The predicted molar refractivity (Wildman–Crippen MR) is 210 cm³/mol. The molecule has 0 saturated heterocycles. The van der Waals surface area contributed by atoms with Crippen molar-refractivity contribution < 1.29 is 65.9 Å². The van der Waals surface area contributed by atoms with Gasteiger partial charge in [-0.05, 0) is 84.2 Å². The largest absolute Gasteiger partial charge is 0.417 e. The Labute approximate surface area is 356 Å². The molecule has 0 bridgehead atoms. The van der Waals surface area contributed by atoms with Gasteiger partial charge in [0, 0.05) is 0 Å². The van der Waals surface area contributed by atoms with Crippen LogP contribution in [-0.2, 0) is 18.5 Å². The number of nitrogens with zero attached hydrogens (tertiary/aromatic N) is 3. The Hall–Kier alpha value is -7.62. The summed E-state index contributed by atoms with van der Waals surface area (Å²) >= 11 is 1.33. The summed E-state index contributed by atoms with van der Waals surface area (Å²) in [5.74, 6) is -3.64. The van der Waals surface area contributed by atoms with E-state index >= 15 is 0 Å². The lowest BCUT2D eigenvalue weighted by Gasteiger charge is -2.09. The van der Waals surface area contributed by atoms with Crippen LogP contribution in [0.2, 0.25) is 0 Å². The van der Waals surface area contributed by atoms with Gasteiger partial charge in [-0.25, -0.2) is 42.5 Å². The number of hydrogen-bond acceptors (Lipinski definition) is 10. The van der Waals surface area contributed by atoms with Crippen molar-refractivity contribution in [3.8, 4) is 33.7 Å². The molecule has 9 nitrogen and oxygen atoms in total. The van der Waals surface area contributed by atoms with Gasteiger partial charge in [0.25, 0.3) is 0 Å². The minimum atomic E-state index is -4.79. The van der Waals surface area contributed by atoms with Crippen LogP contribution in [0.4, 0.5) is 52.7 Å². The number of fused-ring (bicyclic) bond motifs is 3. The van der Waals surface area contributed by atoms with Crippen molar-refractivity contribution in [2.24, 2.45) is 0 Å². The second-order valence-electron chi connectivity index (χ2n) is 13.1. The molecule has 22 heteroatoms. The molecule has 4 heterocycles. The lowest BCUT2D eigenvalue weighted by Crippen LogP contribution is -2.13. The molecule has 0 fully saturated rings. The highest BCUT2D eigenvalue weighted by molar-refractivity contribution is 7.13. The van der Waals surface area contributed by atoms with E-state index in [2.05, 4.69) is 19.4 Å². The lowest BCUT2D eigenvalue weighted by atomic mass is 10.1. The smallest absolute Gasteiger partial charge is 0.403 e. The van der Waals surface area contributed by atoms with Crippen molar-refractivity contribution in [2.75, 3.05) is 0 Å². The summed E-state index contributed by atoms with van der Waals surface area (Å²) in [4.78, 5) is 47.9. The Kier molecular flexibility index (Phi) is 12.2. The quantitative estimate of drug-likeness (QED) is 0.159. The summed E-state index contributed by atoms with van der Waals surface area (Å²) < 4.78 is 170. The van der Waals surface area contributed by atoms with E-state index in [1.807, 2.05) is 0 Å². The Morgan fingerprint density at radius 2 is 0.969 bits per heavy atom. The molecule has 9 aromatic rings. The lowest BCUT2D eigenvalue weighted by molar-refractivity contribution is -0.138. The highest BCUT2D eigenvalue weighted by Gasteiger charge is 2.35. The second kappa shape index (κ2) is 17.5. The fraction of sp³-hybridized carbons (Fsp3) is 0.0698. The van der Waals surface area contributed by atoms with E-state index in [4.69, 9.17) is 8.83 Å². The van der Waals surface area contributed by atoms with Crippen molar-refractivity contribution in [2.45, 2.75) is 18.5 Å². The normalized spacial score (nSPS) is 11.9. The summed E-state index contributed by atoms with van der Waals surface area (Å²) in [5, 5.41) is 0.504. The fourth-order valence-corrected chi connectivity index (χ4v) is 6.57. The van der Waals surface area contributed by atoms with E-state index < -0.39 is 86.4 Å². The van der Waals surface area contributed by atoms with E-state index in [1.165, 1.54) is 35.6 Å². The third-order valence-corrected chi connectivity index (χ3v) is 9.74. The number of benzene rings is 5. The molecule has 9 rings (SSSR count). The maximum absolute atomic E-state index is 13.7. The summed E-state index contributed by atoms with van der Waals surface area (Å²) in [7, 11) is 0. The fourth-order valence-electron chi connectivity index (χ4n) is 5.92. The Morgan fingerprint density at radius 3 is 1.51 bits per heavy atom. The van der Waals surface area contributed by atoms with Crippen LogP contribution >= 0.6 is 11.3 Å². The van der Waals surface area contributed by atoms with Gasteiger partial charge in [-0.2, -0.15) is 39.5 Å². The summed E-state index contributed by atoms with van der Waals surface area (Å²) in [6, 6.07) is 20.1. The van der Waals surface area contributed by atoms with Gasteiger partial charge in [0.1, 0.15) is 23.0 Å². The van der Waals surface area contributed by atoms with Crippen molar-refractivity contribution in [3.05, 3.63) is 180 Å². The van der Waals surface area contributed by atoms with Crippen molar-refractivity contribution in [1.29, 1.82) is 0 Å². The summed E-state index contributed by atoms with van der Waals surface area (Å²) in [6.07, 6.45) is -13.9. The van der Waals surface area contributed by atoms with Gasteiger partial charge in [0.2, 0.25) is 17.7 Å². The van der Waals surface area contributed by atoms with Gasteiger partial charge >= 0.3 is 35.4 Å². The van der Waals surface area contributed by atoms with Crippen LogP contribution in [0.15, 0.2) is 142 Å². The highest BCUT2D eigenvalue weighted by atomic mass is 32.1. The van der Waals surface area contributed by atoms with Gasteiger partial charge in [-0.15, -0.1) is 11.3 Å². The van der Waals surface area contributed by atoms with E-state index in [0.717, 1.165) is 60.7 Å². The molecule has 332 valence electrons. The molecule has 0 amide bonds. The molecule has 5 aromatic carbocycles. The van der Waals surface area contributed by atoms with E-state index in [0.29, 0.717) is 17.0 Å². The molecule has 65 heavy (non-hydrogen) atoms. The third-order valence-electron chi connectivity index (χ3n) is 8.89. The maximum Gasteiger partial charge on any atom is 0.417 e. The van der Waals surface area contributed by atoms with E-state index in [9.17, 15) is 67.1 Å². The molecule has 0 saturated carbocycles. The molecule has 0 unspecified atom stereocenters. The average molecular weight is 934 g/mol. The number of hydrogen-bond donors (Lipinski definition) is 0. The minimum Gasteiger partial charge on any atom is -0.403 e. The highest BCUT2D eigenvalue weighted by Crippen LogP contribution is 2.35. The standard InChI is InChI=1S/C15H6F5NO2.C15H7F4NO2.C13H6F3NO2S/c16-8-4-2-5-9(17)12(8)13-21-10-6-1-3-7(15(18,19)20)11(10)14(22)23-13;16-11-4-2-1-3-9(11)13-20-12-6-5-8(15(17,18)19)7-10(12)14(21)22-13;14-13(15,16)7-3-4-9-8(6-7)12(18)19-11(17-9)10-2-1-5-20-10/h1-6H;1-7H;1-6H. The first kappa shape index (κ1) is 45.4.